The number of nitrogens with zero attached hydrogens (tertiary/aromatic N) is 1. The SMILES string of the molecule is COc1cccc(C(=O)N2CCC(NC(=O)c3ccc(Cl)c(Cl)c3)CC2)c1. The van der Waals surface area contributed by atoms with Crippen LogP contribution in [-0.2, 0) is 0 Å². The first-order valence-corrected chi connectivity index (χ1v) is 9.43. The standard InChI is InChI=1S/C20H20Cl2N2O3/c1-27-16-4-2-3-14(11-16)20(26)24-9-7-15(8-10-24)23-19(25)13-5-6-17(21)18(22)12-13/h2-6,11-12,15H,7-10H2,1H3,(H,23,25). The van der Waals surface area contributed by atoms with Gasteiger partial charge in [-0.3, -0.25) is 9.59 Å². The molecule has 1 fully saturated rings. The van der Waals surface area contributed by atoms with E-state index in [9.17, 15) is 9.59 Å². The number of carbonyl (C=O) groups is 2. The molecule has 5 nitrogen and oxygen atoms in total. The number of halogens is 2. The van der Waals surface area contributed by atoms with Crippen LogP contribution in [0.3, 0.4) is 0 Å². The van der Waals surface area contributed by atoms with Crippen LogP contribution >= 0.6 is 23.2 Å². The molecule has 27 heavy (non-hydrogen) atoms. The predicted molar refractivity (Wildman–Crippen MR) is 106 cm³/mol. The predicted octanol–water partition coefficient (Wildman–Crippen LogP) is 4.04. The van der Waals surface area contributed by atoms with Gasteiger partial charge in [-0.1, -0.05) is 29.3 Å². The molecule has 142 valence electrons. The van der Waals surface area contributed by atoms with E-state index in [-0.39, 0.29) is 17.9 Å². The maximum Gasteiger partial charge on any atom is 0.253 e. The second kappa shape index (κ2) is 8.63. The van der Waals surface area contributed by atoms with Crippen LogP contribution in [0, 0.1) is 0 Å². The first kappa shape index (κ1) is 19.5. The number of amides is 2. The molecule has 1 N–H and O–H groups in total. The molecule has 0 bridgehead atoms. The minimum atomic E-state index is -0.189. The Balaban J connectivity index is 1.56. The number of benzene rings is 2. The first-order chi connectivity index (χ1) is 13.0. The van der Waals surface area contributed by atoms with E-state index in [2.05, 4.69) is 5.32 Å². The molecule has 1 aliphatic heterocycles. The van der Waals surface area contributed by atoms with Gasteiger partial charge in [-0.15, -0.1) is 0 Å². The quantitative estimate of drug-likeness (QED) is 0.833. The van der Waals surface area contributed by atoms with Crippen LogP contribution in [-0.4, -0.2) is 43.0 Å². The summed E-state index contributed by atoms with van der Waals surface area (Å²) in [6.45, 7) is 1.17. The van der Waals surface area contributed by atoms with Crippen molar-refractivity contribution in [2.45, 2.75) is 18.9 Å². The number of rotatable bonds is 4. The van der Waals surface area contributed by atoms with Crippen LogP contribution in [0.2, 0.25) is 10.0 Å². The van der Waals surface area contributed by atoms with Crippen molar-refractivity contribution in [2.24, 2.45) is 0 Å². The zero-order chi connectivity index (χ0) is 19.4. The summed E-state index contributed by atoms with van der Waals surface area (Å²) < 4.78 is 5.18. The lowest BCUT2D eigenvalue weighted by molar-refractivity contribution is 0.0697. The van der Waals surface area contributed by atoms with Gasteiger partial charge in [0.05, 0.1) is 17.2 Å². The second-order valence-corrected chi connectivity index (χ2v) is 7.22. The van der Waals surface area contributed by atoms with Crippen molar-refractivity contribution in [3.05, 3.63) is 63.6 Å². The lowest BCUT2D eigenvalue weighted by Crippen LogP contribution is -2.46. The van der Waals surface area contributed by atoms with E-state index in [1.54, 1.807) is 48.4 Å². The van der Waals surface area contributed by atoms with Gasteiger partial charge < -0.3 is 15.0 Å². The molecule has 0 saturated carbocycles. The van der Waals surface area contributed by atoms with Crippen molar-refractivity contribution in [3.8, 4) is 5.75 Å². The smallest absolute Gasteiger partial charge is 0.253 e. The number of hydrogen-bond acceptors (Lipinski definition) is 3. The Hall–Kier alpha value is -2.24. The highest BCUT2D eigenvalue weighted by atomic mass is 35.5. The monoisotopic (exact) mass is 406 g/mol. The zero-order valence-corrected chi connectivity index (χ0v) is 16.4. The van der Waals surface area contributed by atoms with Gasteiger partial charge in [0.15, 0.2) is 0 Å². The summed E-state index contributed by atoms with van der Waals surface area (Å²) in [6, 6.07) is 11.9. The average molecular weight is 407 g/mol. The van der Waals surface area contributed by atoms with Crippen LogP contribution in [0.4, 0.5) is 0 Å². The highest BCUT2D eigenvalue weighted by Crippen LogP contribution is 2.23. The molecule has 0 unspecified atom stereocenters. The van der Waals surface area contributed by atoms with Gasteiger partial charge >= 0.3 is 0 Å². The Bertz CT molecular complexity index is 849. The first-order valence-electron chi connectivity index (χ1n) is 8.67. The molecule has 0 atom stereocenters. The van der Waals surface area contributed by atoms with Crippen LogP contribution in [0.5, 0.6) is 5.75 Å². The van der Waals surface area contributed by atoms with E-state index in [0.29, 0.717) is 52.9 Å². The van der Waals surface area contributed by atoms with Crippen LogP contribution in [0.15, 0.2) is 42.5 Å². The van der Waals surface area contributed by atoms with Gasteiger partial charge in [-0.05, 0) is 49.2 Å². The minimum absolute atomic E-state index is 0.0151. The van der Waals surface area contributed by atoms with E-state index in [4.69, 9.17) is 27.9 Å². The highest BCUT2D eigenvalue weighted by Gasteiger charge is 2.25. The Morgan fingerprint density at radius 2 is 1.78 bits per heavy atom. The number of methoxy groups -OCH3 is 1. The molecule has 0 radical (unpaired) electrons. The fourth-order valence-electron chi connectivity index (χ4n) is 3.07. The van der Waals surface area contributed by atoms with Crippen molar-refractivity contribution in [3.63, 3.8) is 0 Å². The maximum atomic E-state index is 12.6. The molecule has 1 aliphatic rings. The molecule has 7 heteroatoms. The molecule has 2 amide bonds. The maximum absolute atomic E-state index is 12.6. The summed E-state index contributed by atoms with van der Waals surface area (Å²) in [5.41, 5.74) is 1.08. The molecule has 2 aromatic rings. The largest absolute Gasteiger partial charge is 0.497 e. The number of hydrogen-bond donors (Lipinski definition) is 1. The van der Waals surface area contributed by atoms with Crippen LogP contribution < -0.4 is 10.1 Å². The van der Waals surface area contributed by atoms with Crippen molar-refractivity contribution in [2.75, 3.05) is 20.2 Å². The Morgan fingerprint density at radius 3 is 2.44 bits per heavy atom. The van der Waals surface area contributed by atoms with Crippen LogP contribution in [0.25, 0.3) is 0 Å². The van der Waals surface area contributed by atoms with Gasteiger partial charge in [0.2, 0.25) is 0 Å². The second-order valence-electron chi connectivity index (χ2n) is 6.40. The third-order valence-electron chi connectivity index (χ3n) is 4.62. The number of carbonyl (C=O) groups excluding carboxylic acids is 2. The number of piperidine rings is 1. The summed E-state index contributed by atoms with van der Waals surface area (Å²) in [4.78, 5) is 26.8. The van der Waals surface area contributed by atoms with Gasteiger partial charge in [0.25, 0.3) is 11.8 Å². The van der Waals surface area contributed by atoms with Crippen LogP contribution in [0.1, 0.15) is 33.6 Å². The average Bonchev–Trinajstić information content (AvgIpc) is 2.70. The van der Waals surface area contributed by atoms with E-state index >= 15 is 0 Å². The molecular weight excluding hydrogens is 387 g/mol. The summed E-state index contributed by atoms with van der Waals surface area (Å²) in [7, 11) is 1.58. The van der Waals surface area contributed by atoms with Gasteiger partial charge in [-0.2, -0.15) is 0 Å². The summed E-state index contributed by atoms with van der Waals surface area (Å²) in [6.07, 6.45) is 1.39. The number of nitrogens with one attached hydrogen (secondary N) is 1. The summed E-state index contributed by atoms with van der Waals surface area (Å²) in [5, 5.41) is 3.77. The topological polar surface area (TPSA) is 58.6 Å². The van der Waals surface area contributed by atoms with Crippen molar-refractivity contribution >= 4 is 35.0 Å². The normalized spacial score (nSPS) is 14.7. The molecule has 3 rings (SSSR count). The third kappa shape index (κ3) is 4.73. The molecular formula is C20H20Cl2N2O3. The number of ether oxygens (including phenoxy) is 1. The fourth-order valence-corrected chi connectivity index (χ4v) is 3.37. The minimum Gasteiger partial charge on any atom is -0.497 e. The Kier molecular flexibility index (Phi) is 6.24. The Morgan fingerprint density at radius 1 is 1.04 bits per heavy atom. The molecule has 0 aromatic heterocycles. The van der Waals surface area contributed by atoms with Crippen molar-refractivity contribution in [1.82, 2.24) is 10.2 Å². The van der Waals surface area contributed by atoms with E-state index in [1.165, 1.54) is 0 Å². The van der Waals surface area contributed by atoms with E-state index in [0.717, 1.165) is 0 Å². The molecule has 0 aliphatic carbocycles. The zero-order valence-electron chi connectivity index (χ0n) is 14.9. The third-order valence-corrected chi connectivity index (χ3v) is 5.35. The van der Waals surface area contributed by atoms with Crippen molar-refractivity contribution in [1.29, 1.82) is 0 Å². The van der Waals surface area contributed by atoms with Gasteiger partial charge in [-0.25, -0.2) is 0 Å². The summed E-state index contributed by atoms with van der Waals surface area (Å²) in [5.74, 6) is 0.443. The number of likely N-dealkylation sites (tertiary alicyclic amines) is 1. The lowest BCUT2D eigenvalue weighted by Gasteiger charge is -2.32. The molecule has 1 heterocycles. The van der Waals surface area contributed by atoms with E-state index in [1.807, 2.05) is 6.07 Å². The molecule has 2 aromatic carbocycles. The molecule has 0 spiro atoms. The highest BCUT2D eigenvalue weighted by molar-refractivity contribution is 6.42. The fraction of sp³-hybridized carbons (Fsp3) is 0.300. The van der Waals surface area contributed by atoms with Gasteiger partial charge in [0.1, 0.15) is 5.75 Å². The summed E-state index contributed by atoms with van der Waals surface area (Å²) >= 11 is 11.9. The lowest BCUT2D eigenvalue weighted by atomic mass is 10.0. The van der Waals surface area contributed by atoms with Gasteiger partial charge in [0, 0.05) is 30.3 Å². The Labute approximate surface area is 168 Å². The molecule has 1 saturated heterocycles. The van der Waals surface area contributed by atoms with Crippen molar-refractivity contribution < 1.29 is 14.3 Å². The van der Waals surface area contributed by atoms with E-state index < -0.39 is 0 Å².